The number of nitrogens with two attached hydrogens (primary N) is 1. The second-order valence-corrected chi connectivity index (χ2v) is 9.59. The summed E-state index contributed by atoms with van der Waals surface area (Å²) in [6.45, 7) is 3.89. The zero-order chi connectivity index (χ0) is 23.0. The molecule has 32 heavy (non-hydrogen) atoms. The van der Waals surface area contributed by atoms with E-state index in [4.69, 9.17) is 5.14 Å². The lowest BCUT2D eigenvalue weighted by Gasteiger charge is -2.02. The van der Waals surface area contributed by atoms with Gasteiger partial charge in [0.05, 0.1) is 26.7 Å². The summed E-state index contributed by atoms with van der Waals surface area (Å²) in [6.07, 6.45) is 1.70. The van der Waals surface area contributed by atoms with Crippen LogP contribution in [0.1, 0.15) is 15.2 Å². The topological polar surface area (TPSA) is 135 Å². The van der Waals surface area contributed by atoms with Crippen LogP contribution in [0.25, 0.3) is 28.8 Å². The van der Waals surface area contributed by atoms with Crippen molar-refractivity contribution in [2.24, 2.45) is 5.14 Å². The minimum Gasteiger partial charge on any atom is -0.478 e. The van der Waals surface area contributed by atoms with E-state index in [1.54, 1.807) is 18.2 Å². The van der Waals surface area contributed by atoms with Gasteiger partial charge in [-0.25, -0.2) is 23.0 Å². The van der Waals surface area contributed by atoms with Gasteiger partial charge in [-0.15, -0.1) is 11.3 Å². The number of nitrogens with zero attached hydrogens (tertiary/aromatic N) is 1. The van der Waals surface area contributed by atoms with Crippen LogP contribution in [0.2, 0.25) is 0 Å². The Morgan fingerprint density at radius 2 is 1.84 bits per heavy atom. The maximum atomic E-state index is 12.9. The van der Waals surface area contributed by atoms with Gasteiger partial charge in [0.2, 0.25) is 10.0 Å². The molecule has 2 heterocycles. The number of aromatic carboxylic acids is 1. The summed E-state index contributed by atoms with van der Waals surface area (Å²) >= 11 is 1.41. The van der Waals surface area contributed by atoms with Crippen LogP contribution in [-0.2, 0) is 10.0 Å². The number of hydrogen-bond acceptors (Lipinski definition) is 5. The van der Waals surface area contributed by atoms with Crippen LogP contribution < -0.4 is 21.3 Å². The summed E-state index contributed by atoms with van der Waals surface area (Å²) in [4.78, 5) is 25.7. The molecule has 4 N–H and O–H groups in total. The minimum atomic E-state index is -3.83. The Balaban J connectivity index is 1.72. The summed E-state index contributed by atoms with van der Waals surface area (Å²) in [7, 11) is -3.83. The number of H-pyrrole nitrogens is 1. The van der Waals surface area contributed by atoms with E-state index in [1.165, 1.54) is 46.4 Å². The second kappa shape index (κ2) is 8.08. The van der Waals surface area contributed by atoms with Gasteiger partial charge in [-0.3, -0.25) is 9.89 Å². The molecule has 10 heteroatoms. The van der Waals surface area contributed by atoms with Crippen molar-refractivity contribution in [1.82, 2.24) is 9.78 Å². The molecule has 0 atom stereocenters. The largest absolute Gasteiger partial charge is 0.478 e. The lowest BCUT2D eigenvalue weighted by molar-refractivity contribution is 0.0697. The average molecular weight is 468 g/mol. The highest BCUT2D eigenvalue weighted by Crippen LogP contribution is 2.29. The second-order valence-electron chi connectivity index (χ2n) is 6.92. The number of aromatic nitrogens is 2. The van der Waals surface area contributed by atoms with Gasteiger partial charge in [0, 0.05) is 9.75 Å². The molecule has 2 aromatic heterocycles. The number of nitrogens with one attached hydrogen (secondary N) is 1. The molecule has 4 aromatic rings. The first-order valence-electron chi connectivity index (χ1n) is 9.22. The zero-order valence-electron chi connectivity index (χ0n) is 16.5. The number of hydrogen-bond donors (Lipinski definition) is 3. The molecule has 0 aliphatic heterocycles. The van der Waals surface area contributed by atoms with Crippen LogP contribution in [0.3, 0.4) is 0 Å². The maximum Gasteiger partial charge on any atom is 0.335 e. The van der Waals surface area contributed by atoms with Gasteiger partial charge in [-0.05, 0) is 60.2 Å². The predicted octanol–water partition coefficient (Wildman–Crippen LogP) is 1.48. The molecule has 0 aliphatic carbocycles. The molecular formula is C22H17N3O5S2. The van der Waals surface area contributed by atoms with Gasteiger partial charge in [-0.1, -0.05) is 18.7 Å². The molecule has 0 amide bonds. The lowest BCUT2D eigenvalue weighted by atomic mass is 10.1. The van der Waals surface area contributed by atoms with Crippen LogP contribution in [0.15, 0.2) is 70.4 Å². The van der Waals surface area contributed by atoms with E-state index < -0.39 is 16.0 Å². The van der Waals surface area contributed by atoms with Gasteiger partial charge in [0.1, 0.15) is 0 Å². The highest BCUT2D eigenvalue weighted by atomic mass is 32.2. The summed E-state index contributed by atoms with van der Waals surface area (Å²) in [5.74, 6) is -0.998. The van der Waals surface area contributed by atoms with E-state index >= 15 is 0 Å². The third kappa shape index (κ3) is 4.19. The number of carbonyl (C=O) groups is 1. The van der Waals surface area contributed by atoms with Crippen LogP contribution in [0.5, 0.6) is 0 Å². The smallest absolute Gasteiger partial charge is 0.335 e. The van der Waals surface area contributed by atoms with Gasteiger partial charge in [0.15, 0.2) is 0 Å². The maximum absolute atomic E-state index is 12.9. The van der Waals surface area contributed by atoms with Crippen LogP contribution in [0, 0.1) is 0 Å². The highest BCUT2D eigenvalue weighted by Gasteiger charge is 2.10. The first-order valence-corrected chi connectivity index (χ1v) is 11.6. The van der Waals surface area contributed by atoms with E-state index in [1.807, 2.05) is 18.2 Å². The van der Waals surface area contributed by atoms with E-state index in [-0.39, 0.29) is 16.0 Å². The summed E-state index contributed by atoms with van der Waals surface area (Å²) in [5, 5.41) is 17.9. The molecule has 0 aliphatic rings. The van der Waals surface area contributed by atoms with Crippen molar-refractivity contribution in [3.8, 4) is 16.1 Å². The number of sulfonamides is 1. The molecule has 0 unspecified atom stereocenters. The van der Waals surface area contributed by atoms with Crippen LogP contribution in [0.4, 0.5) is 0 Å². The van der Waals surface area contributed by atoms with Crippen molar-refractivity contribution >= 4 is 40.0 Å². The Kier molecular flexibility index (Phi) is 5.43. The Morgan fingerprint density at radius 3 is 2.50 bits per heavy atom. The molecule has 0 fully saturated rings. The molecule has 0 bridgehead atoms. The minimum absolute atomic E-state index is 0.0550. The summed E-state index contributed by atoms with van der Waals surface area (Å²) < 4.78 is 24.1. The van der Waals surface area contributed by atoms with E-state index in [0.29, 0.717) is 16.3 Å². The highest BCUT2D eigenvalue weighted by molar-refractivity contribution is 7.89. The van der Waals surface area contributed by atoms with Gasteiger partial charge >= 0.3 is 5.97 Å². The third-order valence-corrected chi connectivity index (χ3v) is 6.75. The number of aromatic amines is 1. The molecule has 0 saturated carbocycles. The molecule has 8 nitrogen and oxygen atoms in total. The molecule has 0 radical (unpaired) electrons. The zero-order valence-corrected chi connectivity index (χ0v) is 18.1. The molecule has 0 saturated heterocycles. The molecule has 0 spiro atoms. The fourth-order valence-electron chi connectivity index (χ4n) is 3.14. The van der Waals surface area contributed by atoms with Crippen molar-refractivity contribution in [2.45, 2.75) is 4.90 Å². The lowest BCUT2D eigenvalue weighted by Crippen LogP contribution is -2.33. The monoisotopic (exact) mass is 467 g/mol. The van der Waals surface area contributed by atoms with E-state index in [9.17, 15) is 23.1 Å². The van der Waals surface area contributed by atoms with Crippen molar-refractivity contribution in [1.29, 1.82) is 0 Å². The molecule has 4 rings (SSSR count). The fourth-order valence-corrected chi connectivity index (χ4v) is 4.61. The van der Waals surface area contributed by atoms with Crippen molar-refractivity contribution in [3.05, 3.63) is 92.0 Å². The fraction of sp³-hybridized carbons (Fsp3) is 0. The Hall–Kier alpha value is -3.73. The number of thiophene rings is 1. The molecule has 2 aromatic carbocycles. The summed E-state index contributed by atoms with van der Waals surface area (Å²) in [5.41, 5.74) is 1.06. The number of primary sulfonamides is 1. The van der Waals surface area contributed by atoms with Crippen LogP contribution >= 0.6 is 11.3 Å². The third-order valence-electron chi connectivity index (χ3n) is 4.74. The Morgan fingerprint density at radius 1 is 1.12 bits per heavy atom. The number of carboxylic acids is 1. The number of benzene rings is 2. The Bertz CT molecular complexity index is 1610. The normalized spacial score (nSPS) is 12.2. The van der Waals surface area contributed by atoms with Gasteiger partial charge in [0.25, 0.3) is 5.56 Å². The molecule has 162 valence electrons. The number of rotatable bonds is 5. The predicted molar refractivity (Wildman–Crippen MR) is 123 cm³/mol. The first kappa shape index (κ1) is 21.5. The van der Waals surface area contributed by atoms with Crippen molar-refractivity contribution < 1.29 is 18.3 Å². The first-order chi connectivity index (χ1) is 15.1. The Labute approximate surface area is 186 Å². The standard InChI is InChI=1S/C22H17N3O5S2/c1-13-19(21(26)25(24-13)16-5-8-18(9-6-16)32(23,29)30)12-17-7-10-20(31-17)14-3-2-4-15(11-14)22(27)28/h2-12,24H,1H2,(H,27,28)(H2,23,29,30)/b19-12-. The van der Waals surface area contributed by atoms with Crippen molar-refractivity contribution in [2.75, 3.05) is 0 Å². The quantitative estimate of drug-likeness (QED) is 0.409. The number of carboxylic acid groups (broad SMARTS) is 1. The van der Waals surface area contributed by atoms with Gasteiger partial charge in [-0.2, -0.15) is 0 Å². The molecular weight excluding hydrogens is 450 g/mol. The van der Waals surface area contributed by atoms with E-state index in [2.05, 4.69) is 11.7 Å². The van der Waals surface area contributed by atoms with E-state index in [0.717, 1.165) is 15.3 Å². The van der Waals surface area contributed by atoms with Crippen LogP contribution in [-0.4, -0.2) is 29.3 Å². The average Bonchev–Trinajstić information content (AvgIpc) is 3.34. The summed E-state index contributed by atoms with van der Waals surface area (Å²) in [6, 6.07) is 15.9. The van der Waals surface area contributed by atoms with Gasteiger partial charge < -0.3 is 5.11 Å². The van der Waals surface area contributed by atoms with Crippen molar-refractivity contribution in [3.63, 3.8) is 0 Å². The SMILES string of the molecule is C=c1[nH]n(-c2ccc(S(N)(=O)=O)cc2)c(=O)/c1=C\c1ccc(-c2cccc(C(=O)O)c2)s1.